The van der Waals surface area contributed by atoms with Gasteiger partial charge in [0.2, 0.25) is 0 Å². The highest BCUT2D eigenvalue weighted by Crippen LogP contribution is 2.28. The average molecular weight is 382 g/mol. The number of Topliss-reactive ketones (excluding diaryl/α,β-unsaturated/α-hetero) is 1. The number of amides is 1. The molecule has 2 aromatic heterocycles. The van der Waals surface area contributed by atoms with E-state index in [1.165, 1.54) is 13.0 Å². The summed E-state index contributed by atoms with van der Waals surface area (Å²) in [7, 11) is 0. The lowest BCUT2D eigenvalue weighted by atomic mass is 10.1. The second-order valence-electron chi connectivity index (χ2n) is 6.15. The normalized spacial score (nSPS) is 11.3. The number of carbonyl (C=O) groups is 2. The van der Waals surface area contributed by atoms with Gasteiger partial charge in [0.1, 0.15) is 11.5 Å². The number of aryl methyl sites for hydroxylation is 1. The smallest absolute Gasteiger partial charge is 0.370 e. The largest absolute Gasteiger partial charge is 0.417 e. The number of halogens is 3. The van der Waals surface area contributed by atoms with E-state index in [-0.39, 0.29) is 11.7 Å². The minimum absolute atomic E-state index is 0.103. The second-order valence-corrected chi connectivity index (χ2v) is 6.15. The molecule has 2 aromatic rings. The molecule has 0 radical (unpaired) electrons. The van der Waals surface area contributed by atoms with E-state index < -0.39 is 11.7 Å². The maximum atomic E-state index is 12.5. The first kappa shape index (κ1) is 20.5. The van der Waals surface area contributed by atoms with E-state index in [0.29, 0.717) is 47.8 Å². The van der Waals surface area contributed by atoms with Crippen LogP contribution >= 0.6 is 0 Å². The van der Waals surface area contributed by atoms with Gasteiger partial charge in [0, 0.05) is 30.5 Å². The van der Waals surface area contributed by atoms with Crippen molar-refractivity contribution in [1.29, 1.82) is 0 Å². The lowest BCUT2D eigenvalue weighted by Gasteiger charge is -2.09. The van der Waals surface area contributed by atoms with Crippen molar-refractivity contribution in [2.45, 2.75) is 33.4 Å². The van der Waals surface area contributed by atoms with E-state index in [2.05, 4.69) is 20.6 Å². The number of H-pyrrole nitrogens is 1. The molecular formula is C18H21F3N4O2. The zero-order chi connectivity index (χ0) is 20.2. The van der Waals surface area contributed by atoms with Crippen molar-refractivity contribution in [3.63, 3.8) is 0 Å². The summed E-state index contributed by atoms with van der Waals surface area (Å²) in [5, 5.41) is 5.64. The minimum Gasteiger partial charge on any atom is -0.370 e. The number of alkyl halides is 3. The van der Waals surface area contributed by atoms with E-state index >= 15 is 0 Å². The first-order chi connectivity index (χ1) is 12.6. The van der Waals surface area contributed by atoms with Crippen molar-refractivity contribution in [2.75, 3.05) is 18.4 Å². The summed E-state index contributed by atoms with van der Waals surface area (Å²) in [6, 6.07) is 2.22. The molecule has 27 heavy (non-hydrogen) atoms. The molecule has 3 N–H and O–H groups in total. The SMILES string of the molecule is CC(=O)c1c(C)[nH]c(C(=O)NCCCNc2ccc(C(F)(F)F)cn2)c1C. The molecule has 0 spiro atoms. The molecule has 9 heteroatoms. The predicted octanol–water partition coefficient (Wildman–Crippen LogP) is 3.48. The third-order valence-electron chi connectivity index (χ3n) is 4.05. The topological polar surface area (TPSA) is 86.9 Å². The third-order valence-corrected chi connectivity index (χ3v) is 4.05. The molecule has 0 fully saturated rings. The average Bonchev–Trinajstić information content (AvgIpc) is 2.88. The van der Waals surface area contributed by atoms with Crippen LogP contribution in [0.4, 0.5) is 19.0 Å². The fraction of sp³-hybridized carbons (Fsp3) is 0.389. The van der Waals surface area contributed by atoms with Gasteiger partial charge in [-0.1, -0.05) is 0 Å². The van der Waals surface area contributed by atoms with Crippen LogP contribution < -0.4 is 10.6 Å². The van der Waals surface area contributed by atoms with Crippen LogP contribution in [0.5, 0.6) is 0 Å². The number of nitrogens with one attached hydrogen (secondary N) is 3. The first-order valence-corrected chi connectivity index (χ1v) is 8.36. The van der Waals surface area contributed by atoms with E-state index in [1.807, 2.05) is 0 Å². The number of hydrogen-bond acceptors (Lipinski definition) is 4. The molecule has 2 rings (SSSR count). The van der Waals surface area contributed by atoms with E-state index in [4.69, 9.17) is 0 Å². The molecule has 0 aromatic carbocycles. The molecule has 0 bridgehead atoms. The number of aromatic nitrogens is 2. The standard InChI is InChI=1S/C18H21F3N4O2/c1-10-15(12(3)26)11(2)25-16(10)17(27)23-8-4-7-22-14-6-5-13(9-24-14)18(19,20)21/h5-6,9,25H,4,7-8H2,1-3H3,(H,22,24)(H,23,27). The molecule has 0 saturated heterocycles. The Morgan fingerprint density at radius 2 is 1.89 bits per heavy atom. The number of ketones is 1. The number of hydrogen-bond donors (Lipinski definition) is 3. The number of pyridine rings is 1. The molecule has 0 saturated carbocycles. The van der Waals surface area contributed by atoms with Gasteiger partial charge in [-0.15, -0.1) is 0 Å². The Labute approximate surface area is 154 Å². The molecule has 146 valence electrons. The zero-order valence-electron chi connectivity index (χ0n) is 15.3. The summed E-state index contributed by atoms with van der Waals surface area (Å²) in [5.74, 6) is -0.0828. The van der Waals surface area contributed by atoms with Crippen LogP contribution in [0, 0.1) is 13.8 Å². The highest BCUT2D eigenvalue weighted by atomic mass is 19.4. The van der Waals surface area contributed by atoms with Crippen LogP contribution in [0.1, 0.15) is 51.0 Å². The summed E-state index contributed by atoms with van der Waals surface area (Å²) in [4.78, 5) is 30.5. The zero-order valence-corrected chi connectivity index (χ0v) is 15.3. The van der Waals surface area contributed by atoms with Gasteiger partial charge in [-0.2, -0.15) is 13.2 Å². The van der Waals surface area contributed by atoms with Crippen LogP contribution in [0.3, 0.4) is 0 Å². The van der Waals surface area contributed by atoms with Gasteiger partial charge in [0.25, 0.3) is 5.91 Å². The van der Waals surface area contributed by atoms with Crippen LogP contribution in [0.2, 0.25) is 0 Å². The summed E-state index contributed by atoms with van der Waals surface area (Å²) < 4.78 is 37.4. The second kappa shape index (κ2) is 8.24. The summed E-state index contributed by atoms with van der Waals surface area (Å²) in [5.41, 5.74) is 1.34. The Hall–Kier alpha value is -2.84. The van der Waals surface area contributed by atoms with Gasteiger partial charge in [0.05, 0.1) is 5.56 Å². The number of aromatic amines is 1. The van der Waals surface area contributed by atoms with E-state index in [0.717, 1.165) is 12.3 Å². The van der Waals surface area contributed by atoms with Gasteiger partial charge >= 0.3 is 6.18 Å². The molecule has 0 aliphatic carbocycles. The van der Waals surface area contributed by atoms with Crippen molar-refractivity contribution in [3.05, 3.63) is 46.4 Å². The predicted molar refractivity (Wildman–Crippen MR) is 95.0 cm³/mol. The van der Waals surface area contributed by atoms with Gasteiger partial charge < -0.3 is 15.6 Å². The van der Waals surface area contributed by atoms with Gasteiger partial charge in [-0.3, -0.25) is 9.59 Å². The lowest BCUT2D eigenvalue weighted by molar-refractivity contribution is -0.137. The van der Waals surface area contributed by atoms with Crippen LogP contribution in [-0.4, -0.2) is 34.7 Å². The Bertz CT molecular complexity index is 826. The monoisotopic (exact) mass is 382 g/mol. The van der Waals surface area contributed by atoms with Crippen molar-refractivity contribution < 1.29 is 22.8 Å². The van der Waals surface area contributed by atoms with Crippen LogP contribution in [-0.2, 0) is 6.18 Å². The summed E-state index contributed by atoms with van der Waals surface area (Å²) in [6.45, 7) is 5.69. The van der Waals surface area contributed by atoms with Crippen molar-refractivity contribution >= 4 is 17.5 Å². The van der Waals surface area contributed by atoms with Crippen LogP contribution in [0.25, 0.3) is 0 Å². The summed E-state index contributed by atoms with van der Waals surface area (Å²) in [6.07, 6.45) is -3.09. The Morgan fingerprint density at radius 3 is 2.41 bits per heavy atom. The molecule has 6 nitrogen and oxygen atoms in total. The number of rotatable bonds is 7. The molecular weight excluding hydrogens is 361 g/mol. The molecule has 0 unspecified atom stereocenters. The fourth-order valence-electron chi connectivity index (χ4n) is 2.77. The molecule has 0 aliphatic rings. The fourth-order valence-corrected chi connectivity index (χ4v) is 2.77. The molecule has 0 atom stereocenters. The Balaban J connectivity index is 1.80. The number of nitrogens with zero attached hydrogens (tertiary/aromatic N) is 1. The van der Waals surface area contributed by atoms with E-state index in [1.54, 1.807) is 13.8 Å². The maximum absolute atomic E-state index is 12.5. The molecule has 2 heterocycles. The summed E-state index contributed by atoms with van der Waals surface area (Å²) >= 11 is 0. The maximum Gasteiger partial charge on any atom is 0.417 e. The van der Waals surface area contributed by atoms with Gasteiger partial charge in [0.15, 0.2) is 5.78 Å². The van der Waals surface area contributed by atoms with Gasteiger partial charge in [-0.05, 0) is 44.9 Å². The highest BCUT2D eigenvalue weighted by molar-refractivity contribution is 6.02. The number of carbonyl (C=O) groups excluding carboxylic acids is 2. The molecule has 0 aliphatic heterocycles. The van der Waals surface area contributed by atoms with Crippen LogP contribution in [0.15, 0.2) is 18.3 Å². The Morgan fingerprint density at radius 1 is 1.19 bits per heavy atom. The first-order valence-electron chi connectivity index (χ1n) is 8.36. The highest BCUT2D eigenvalue weighted by Gasteiger charge is 2.30. The van der Waals surface area contributed by atoms with Crippen molar-refractivity contribution in [2.24, 2.45) is 0 Å². The lowest BCUT2D eigenvalue weighted by Crippen LogP contribution is -2.26. The quantitative estimate of drug-likeness (QED) is 0.505. The number of anilines is 1. The van der Waals surface area contributed by atoms with Crippen molar-refractivity contribution in [3.8, 4) is 0 Å². The minimum atomic E-state index is -4.41. The van der Waals surface area contributed by atoms with Crippen molar-refractivity contribution in [1.82, 2.24) is 15.3 Å². The van der Waals surface area contributed by atoms with E-state index in [9.17, 15) is 22.8 Å². The van der Waals surface area contributed by atoms with Gasteiger partial charge in [-0.25, -0.2) is 4.98 Å². The third kappa shape index (κ3) is 5.08. The Kier molecular flexibility index (Phi) is 6.24. The molecule has 1 amide bonds.